The van der Waals surface area contributed by atoms with Gasteiger partial charge < -0.3 is 30.5 Å². The number of amides is 4. The van der Waals surface area contributed by atoms with Crippen molar-refractivity contribution in [1.82, 2.24) is 25.4 Å². The number of alkyl halides is 2. The Hall–Kier alpha value is -4.20. The van der Waals surface area contributed by atoms with Crippen molar-refractivity contribution in [1.29, 1.82) is 0 Å². The van der Waals surface area contributed by atoms with Gasteiger partial charge in [-0.3, -0.25) is 24.2 Å². The van der Waals surface area contributed by atoms with Gasteiger partial charge in [0.2, 0.25) is 17.7 Å². The van der Waals surface area contributed by atoms with Crippen LogP contribution in [-0.4, -0.2) is 90.8 Å². The highest BCUT2D eigenvalue weighted by atomic mass is 19.3. The van der Waals surface area contributed by atoms with Gasteiger partial charge in [-0.05, 0) is 49.6 Å². The molecule has 0 bridgehead atoms. The van der Waals surface area contributed by atoms with Crippen LogP contribution >= 0.6 is 0 Å². The van der Waals surface area contributed by atoms with Crippen LogP contribution in [0.1, 0.15) is 69.4 Å². The quantitative estimate of drug-likeness (QED) is 0.312. The fourth-order valence-corrected chi connectivity index (χ4v) is 6.15. The Labute approximate surface area is 279 Å². The molecule has 1 aromatic heterocycles. The maximum atomic E-state index is 15.6. The lowest BCUT2D eigenvalue weighted by Crippen LogP contribution is -2.55. The average Bonchev–Trinajstić information content (AvgIpc) is 3.10. The van der Waals surface area contributed by atoms with Crippen molar-refractivity contribution in [3.8, 4) is 5.75 Å². The Balaban J connectivity index is 1.53. The second-order valence-corrected chi connectivity index (χ2v) is 12.6. The Morgan fingerprint density at radius 3 is 2.33 bits per heavy atom. The molecule has 2 heterocycles. The van der Waals surface area contributed by atoms with Gasteiger partial charge in [0, 0.05) is 44.7 Å². The summed E-state index contributed by atoms with van der Waals surface area (Å²) in [5, 5.41) is 7.51. The van der Waals surface area contributed by atoms with Crippen LogP contribution in [0.2, 0.25) is 0 Å². The van der Waals surface area contributed by atoms with Gasteiger partial charge in [0.1, 0.15) is 23.7 Å². The molecule has 0 spiro atoms. The molecule has 262 valence electrons. The third-order valence-electron chi connectivity index (χ3n) is 9.28. The molecule has 2 aliphatic rings. The average molecular weight is 675 g/mol. The summed E-state index contributed by atoms with van der Waals surface area (Å²) in [7, 11) is 3.25. The van der Waals surface area contributed by atoms with Crippen molar-refractivity contribution in [2.45, 2.75) is 76.3 Å². The number of nitrogens with one attached hydrogen (secondary N) is 3. The first kappa shape index (κ1) is 36.6. The number of carbonyl (C=O) groups is 4. The summed E-state index contributed by atoms with van der Waals surface area (Å²) in [5.74, 6) is -8.94. The first-order chi connectivity index (χ1) is 22.8. The number of piperazine rings is 1. The number of aromatic nitrogens is 1. The summed E-state index contributed by atoms with van der Waals surface area (Å²) < 4.78 is 51.1. The maximum absolute atomic E-state index is 15.6. The molecule has 48 heavy (non-hydrogen) atoms. The number of rotatable bonds is 12. The zero-order valence-corrected chi connectivity index (χ0v) is 27.9. The number of likely N-dealkylation sites (N-methyl/N-ethyl adjacent to an activating group) is 1. The lowest BCUT2D eigenvalue weighted by atomic mass is 9.83. The molecule has 2 aromatic rings. The third-order valence-corrected chi connectivity index (χ3v) is 9.28. The van der Waals surface area contributed by atoms with Crippen LogP contribution in [0.5, 0.6) is 5.75 Å². The molecular formula is C34H45F3N6O5. The van der Waals surface area contributed by atoms with Crippen molar-refractivity contribution in [2.24, 2.45) is 5.92 Å². The molecule has 3 atom stereocenters. The Morgan fingerprint density at radius 1 is 1.02 bits per heavy atom. The SMILES string of the molecule is CCC(=O)N[C@@H](C(=O)N1CCN(C)CC1)[C@@H](C)c1ccc(NC(=O)[C@@H](NC(=O)C(F)(F)c2cncc(OC)c2)C2CCCCC2)c(F)c1. The van der Waals surface area contributed by atoms with E-state index in [1.54, 1.807) is 24.8 Å². The maximum Gasteiger partial charge on any atom is 0.351 e. The fourth-order valence-electron chi connectivity index (χ4n) is 6.15. The number of benzene rings is 1. The highest BCUT2D eigenvalue weighted by Gasteiger charge is 2.45. The lowest BCUT2D eigenvalue weighted by Gasteiger charge is -2.36. The minimum Gasteiger partial charge on any atom is -0.495 e. The van der Waals surface area contributed by atoms with Crippen LogP contribution in [0.4, 0.5) is 18.9 Å². The molecule has 3 N–H and O–H groups in total. The number of nitrogens with zero attached hydrogens (tertiary/aromatic N) is 3. The number of anilines is 1. The second kappa shape index (κ2) is 16.3. The lowest BCUT2D eigenvalue weighted by molar-refractivity contribution is -0.149. The number of methoxy groups -OCH3 is 1. The number of carbonyl (C=O) groups excluding carboxylic acids is 4. The minimum absolute atomic E-state index is 0.0394. The van der Waals surface area contributed by atoms with E-state index in [4.69, 9.17) is 4.74 Å². The van der Waals surface area contributed by atoms with Crippen LogP contribution in [0.15, 0.2) is 36.7 Å². The van der Waals surface area contributed by atoms with Gasteiger partial charge in [0.15, 0.2) is 0 Å². The van der Waals surface area contributed by atoms with E-state index in [0.717, 1.165) is 31.5 Å². The molecule has 4 rings (SSSR count). The molecule has 1 saturated carbocycles. The van der Waals surface area contributed by atoms with Gasteiger partial charge >= 0.3 is 5.92 Å². The molecule has 0 radical (unpaired) electrons. The van der Waals surface area contributed by atoms with E-state index in [0.29, 0.717) is 44.6 Å². The highest BCUT2D eigenvalue weighted by Crippen LogP contribution is 2.33. The number of hydrogen-bond donors (Lipinski definition) is 3. The minimum atomic E-state index is -4.02. The molecule has 2 fully saturated rings. The van der Waals surface area contributed by atoms with Crippen LogP contribution < -0.4 is 20.7 Å². The molecule has 1 saturated heterocycles. The summed E-state index contributed by atoms with van der Waals surface area (Å²) >= 11 is 0. The first-order valence-electron chi connectivity index (χ1n) is 16.4. The topological polar surface area (TPSA) is 133 Å². The van der Waals surface area contributed by atoms with Gasteiger partial charge in [-0.25, -0.2) is 4.39 Å². The summed E-state index contributed by atoms with van der Waals surface area (Å²) in [4.78, 5) is 59.9. The number of hydrogen-bond acceptors (Lipinski definition) is 7. The molecule has 14 heteroatoms. The van der Waals surface area contributed by atoms with Crippen LogP contribution in [0, 0.1) is 11.7 Å². The van der Waals surface area contributed by atoms with Crippen molar-refractivity contribution >= 4 is 29.3 Å². The summed E-state index contributed by atoms with van der Waals surface area (Å²) in [6, 6.07) is 2.76. The van der Waals surface area contributed by atoms with E-state index < -0.39 is 53.0 Å². The normalized spacial score (nSPS) is 17.9. The highest BCUT2D eigenvalue weighted by molar-refractivity contribution is 5.98. The standard InChI is InChI=1S/C34H45F3N6O5/c1-5-28(44)40-29(32(46)43-15-13-42(3)14-16-43)21(2)23-11-12-27(26(35)17-23)39-31(45)30(22-9-7-6-8-10-22)41-33(47)34(36,37)24-18-25(48-4)20-38-19-24/h11-12,17-22,29-30H,5-10,13-16H2,1-4H3,(H,39,45)(H,40,44)(H,41,47)/t21-,29+,30-/m0/s1. The van der Waals surface area contributed by atoms with Gasteiger partial charge in [-0.1, -0.05) is 39.2 Å². The van der Waals surface area contributed by atoms with E-state index in [9.17, 15) is 19.2 Å². The number of halogens is 3. The fraction of sp³-hybridized carbons (Fsp3) is 0.559. The van der Waals surface area contributed by atoms with Gasteiger partial charge in [0.05, 0.1) is 24.6 Å². The van der Waals surface area contributed by atoms with Crippen molar-refractivity contribution in [3.63, 3.8) is 0 Å². The van der Waals surface area contributed by atoms with Crippen molar-refractivity contribution in [2.75, 3.05) is 45.7 Å². The largest absolute Gasteiger partial charge is 0.495 e. The van der Waals surface area contributed by atoms with E-state index in [-0.39, 0.29) is 29.7 Å². The number of pyridine rings is 1. The monoisotopic (exact) mass is 674 g/mol. The Bertz CT molecular complexity index is 1460. The molecule has 1 aliphatic heterocycles. The van der Waals surface area contributed by atoms with Crippen molar-refractivity contribution in [3.05, 3.63) is 53.6 Å². The predicted molar refractivity (Wildman–Crippen MR) is 173 cm³/mol. The van der Waals surface area contributed by atoms with E-state index >= 15 is 13.2 Å². The zero-order chi connectivity index (χ0) is 35.0. The Kier molecular flexibility index (Phi) is 12.4. The molecule has 11 nitrogen and oxygen atoms in total. The van der Waals surface area contributed by atoms with Gasteiger partial charge in [-0.15, -0.1) is 0 Å². The Morgan fingerprint density at radius 2 is 1.71 bits per heavy atom. The van der Waals surface area contributed by atoms with Crippen LogP contribution in [-0.2, 0) is 25.1 Å². The second-order valence-electron chi connectivity index (χ2n) is 12.6. The summed E-state index contributed by atoms with van der Waals surface area (Å²) in [6.45, 7) is 5.77. The van der Waals surface area contributed by atoms with Crippen LogP contribution in [0.3, 0.4) is 0 Å². The smallest absolute Gasteiger partial charge is 0.351 e. The summed E-state index contributed by atoms with van der Waals surface area (Å²) in [6.07, 6.45) is 5.71. The molecule has 0 unspecified atom stereocenters. The third kappa shape index (κ3) is 8.82. The van der Waals surface area contributed by atoms with E-state index in [1.807, 2.05) is 7.05 Å². The van der Waals surface area contributed by atoms with Gasteiger partial charge in [-0.2, -0.15) is 8.78 Å². The molecular weight excluding hydrogens is 629 g/mol. The molecule has 1 aromatic carbocycles. The zero-order valence-electron chi connectivity index (χ0n) is 27.9. The van der Waals surface area contributed by atoms with Crippen LogP contribution in [0.25, 0.3) is 0 Å². The van der Waals surface area contributed by atoms with Crippen molar-refractivity contribution < 1.29 is 37.1 Å². The molecule has 4 amide bonds. The van der Waals surface area contributed by atoms with E-state index in [1.165, 1.54) is 25.4 Å². The molecule has 1 aliphatic carbocycles. The van der Waals surface area contributed by atoms with Gasteiger partial charge in [0.25, 0.3) is 5.91 Å². The first-order valence-corrected chi connectivity index (χ1v) is 16.4. The van der Waals surface area contributed by atoms with E-state index in [2.05, 4.69) is 25.8 Å². The number of ether oxygens (including phenoxy) is 1. The summed E-state index contributed by atoms with van der Waals surface area (Å²) in [5.41, 5.74) is -0.496. The predicted octanol–water partition coefficient (Wildman–Crippen LogP) is 3.80.